The third-order valence-electron chi connectivity index (χ3n) is 2.39. The first-order valence-electron chi connectivity index (χ1n) is 4.61. The van der Waals surface area contributed by atoms with Gasteiger partial charge in [-0.25, -0.2) is 0 Å². The van der Waals surface area contributed by atoms with Gasteiger partial charge in [-0.2, -0.15) is 0 Å². The molecule has 1 rings (SSSR count). The zero-order valence-electron chi connectivity index (χ0n) is 8.09. The van der Waals surface area contributed by atoms with Gasteiger partial charge in [-0.1, -0.05) is 18.2 Å². The van der Waals surface area contributed by atoms with Crippen LogP contribution >= 0.6 is 0 Å². The first-order chi connectivity index (χ1) is 6.29. The van der Waals surface area contributed by atoms with Crippen LogP contribution < -0.4 is 0 Å². The Morgan fingerprint density at radius 1 is 1.15 bits per heavy atom. The maximum absolute atomic E-state index is 5.50. The molecule has 1 heteroatoms. The fourth-order valence-electron chi connectivity index (χ4n) is 1.59. The van der Waals surface area contributed by atoms with Crippen LogP contribution in [-0.4, -0.2) is 12.2 Å². The Morgan fingerprint density at radius 3 is 2.00 bits per heavy atom. The van der Waals surface area contributed by atoms with Gasteiger partial charge in [0, 0.05) is 5.92 Å². The van der Waals surface area contributed by atoms with Crippen molar-refractivity contribution in [3.05, 3.63) is 43.9 Å². The number of rotatable bonds is 7. The minimum absolute atomic E-state index is 0.0237. The third-order valence-corrected chi connectivity index (χ3v) is 2.39. The van der Waals surface area contributed by atoms with Crippen LogP contribution in [0, 0.1) is 5.92 Å². The molecule has 0 spiro atoms. The lowest BCUT2D eigenvalue weighted by molar-refractivity contribution is 0.307. The van der Waals surface area contributed by atoms with Crippen molar-refractivity contribution in [1.82, 2.24) is 0 Å². The van der Waals surface area contributed by atoms with Crippen LogP contribution in [0.4, 0.5) is 0 Å². The lowest BCUT2D eigenvalue weighted by atomic mass is 9.85. The van der Waals surface area contributed by atoms with Crippen molar-refractivity contribution >= 4 is 0 Å². The Labute approximate surface area is 80.8 Å². The van der Waals surface area contributed by atoms with E-state index in [0.717, 1.165) is 25.9 Å². The number of epoxide rings is 1. The van der Waals surface area contributed by atoms with Gasteiger partial charge >= 0.3 is 0 Å². The molecule has 1 unspecified atom stereocenters. The summed E-state index contributed by atoms with van der Waals surface area (Å²) in [5, 5.41) is 0. The second-order valence-electron chi connectivity index (χ2n) is 3.36. The van der Waals surface area contributed by atoms with Gasteiger partial charge in [0.15, 0.2) is 0 Å². The van der Waals surface area contributed by atoms with Gasteiger partial charge in [-0.15, -0.1) is 19.7 Å². The number of hydrogen-bond acceptors (Lipinski definition) is 1. The predicted octanol–water partition coefficient (Wildman–Crippen LogP) is 3.06. The van der Waals surface area contributed by atoms with Crippen LogP contribution in [-0.2, 0) is 4.74 Å². The highest BCUT2D eigenvalue weighted by Crippen LogP contribution is 2.44. The average Bonchev–Trinajstić information content (AvgIpc) is 2.86. The summed E-state index contributed by atoms with van der Waals surface area (Å²) in [4.78, 5) is 0. The molecule has 0 bridgehead atoms. The average molecular weight is 177 g/mol. The van der Waals surface area contributed by atoms with Crippen LogP contribution in [0.5, 0.6) is 0 Å². The minimum atomic E-state index is -0.0237. The lowest BCUT2D eigenvalue weighted by Gasteiger charge is -2.19. The third kappa shape index (κ3) is 2.31. The SMILES string of the molecule is C=CC[C](CC=C)C1(CC=C)CO1. The van der Waals surface area contributed by atoms with Gasteiger partial charge in [-0.05, 0) is 19.3 Å². The van der Waals surface area contributed by atoms with E-state index in [-0.39, 0.29) is 5.60 Å². The van der Waals surface area contributed by atoms with Gasteiger partial charge in [0.2, 0.25) is 0 Å². The number of ether oxygens (including phenoxy) is 1. The molecule has 0 aromatic rings. The van der Waals surface area contributed by atoms with Crippen molar-refractivity contribution < 1.29 is 4.74 Å². The van der Waals surface area contributed by atoms with E-state index in [0.29, 0.717) is 0 Å². The first-order valence-corrected chi connectivity index (χ1v) is 4.61. The maximum Gasteiger partial charge on any atom is 0.102 e. The number of allylic oxidation sites excluding steroid dienone is 2. The Hall–Kier alpha value is -0.820. The second-order valence-corrected chi connectivity index (χ2v) is 3.36. The summed E-state index contributed by atoms with van der Waals surface area (Å²) in [5.41, 5.74) is -0.0237. The van der Waals surface area contributed by atoms with E-state index in [2.05, 4.69) is 19.7 Å². The zero-order valence-corrected chi connectivity index (χ0v) is 8.09. The monoisotopic (exact) mass is 177 g/mol. The normalized spacial score (nSPS) is 25.6. The fourth-order valence-corrected chi connectivity index (χ4v) is 1.59. The fraction of sp³-hybridized carbons (Fsp3) is 0.417. The van der Waals surface area contributed by atoms with E-state index < -0.39 is 0 Å². The van der Waals surface area contributed by atoms with E-state index in [1.54, 1.807) is 0 Å². The van der Waals surface area contributed by atoms with Gasteiger partial charge in [0.1, 0.15) is 5.60 Å². The van der Waals surface area contributed by atoms with E-state index in [4.69, 9.17) is 4.74 Å². The van der Waals surface area contributed by atoms with Crippen LogP contribution in [0.2, 0.25) is 0 Å². The van der Waals surface area contributed by atoms with Crippen molar-refractivity contribution in [1.29, 1.82) is 0 Å². The van der Waals surface area contributed by atoms with E-state index in [9.17, 15) is 0 Å². The summed E-state index contributed by atoms with van der Waals surface area (Å²) in [6, 6.07) is 0. The molecule has 0 saturated carbocycles. The molecule has 1 fully saturated rings. The van der Waals surface area contributed by atoms with E-state index in [1.165, 1.54) is 5.92 Å². The van der Waals surface area contributed by atoms with Gasteiger partial charge in [0.25, 0.3) is 0 Å². The predicted molar refractivity (Wildman–Crippen MR) is 56.4 cm³/mol. The molecule has 13 heavy (non-hydrogen) atoms. The van der Waals surface area contributed by atoms with Crippen LogP contribution in [0.1, 0.15) is 19.3 Å². The molecule has 0 N–H and O–H groups in total. The van der Waals surface area contributed by atoms with Gasteiger partial charge < -0.3 is 4.74 Å². The standard InChI is InChI=1S/C12H17O/c1-4-7-11(8-5-2)12(9-6-3)10-13-12/h4-6H,1-3,7-10H2. The molecule has 71 valence electrons. The maximum atomic E-state index is 5.50. The lowest BCUT2D eigenvalue weighted by Crippen LogP contribution is -2.20. The van der Waals surface area contributed by atoms with Crippen molar-refractivity contribution in [2.75, 3.05) is 6.61 Å². The molecule has 1 heterocycles. The Morgan fingerprint density at radius 2 is 1.69 bits per heavy atom. The van der Waals surface area contributed by atoms with Crippen molar-refractivity contribution in [2.45, 2.75) is 24.9 Å². The van der Waals surface area contributed by atoms with Crippen molar-refractivity contribution in [3.63, 3.8) is 0 Å². The highest BCUT2D eigenvalue weighted by Gasteiger charge is 2.49. The zero-order chi connectivity index (χ0) is 9.73. The summed E-state index contributed by atoms with van der Waals surface area (Å²) in [7, 11) is 0. The van der Waals surface area contributed by atoms with Crippen molar-refractivity contribution in [2.24, 2.45) is 0 Å². The Bertz CT molecular complexity index is 191. The molecule has 1 aliphatic heterocycles. The first kappa shape index (κ1) is 10.3. The van der Waals surface area contributed by atoms with Gasteiger partial charge in [0.05, 0.1) is 6.61 Å². The van der Waals surface area contributed by atoms with Crippen LogP contribution in [0.3, 0.4) is 0 Å². The minimum Gasteiger partial charge on any atom is -0.369 e. The molecule has 0 aliphatic carbocycles. The summed E-state index contributed by atoms with van der Waals surface area (Å²) < 4.78 is 5.50. The molecule has 0 amide bonds. The molecule has 1 atom stereocenters. The Balaban J connectivity index is 2.56. The van der Waals surface area contributed by atoms with Gasteiger partial charge in [-0.3, -0.25) is 0 Å². The molecule has 0 aromatic carbocycles. The summed E-state index contributed by atoms with van der Waals surface area (Å²) in [5.74, 6) is 1.37. The quantitative estimate of drug-likeness (QED) is 0.430. The van der Waals surface area contributed by atoms with Crippen LogP contribution in [0.25, 0.3) is 0 Å². The number of hydrogen-bond donors (Lipinski definition) is 0. The highest BCUT2D eigenvalue weighted by atomic mass is 16.6. The largest absolute Gasteiger partial charge is 0.369 e. The summed E-state index contributed by atoms with van der Waals surface area (Å²) in [6.07, 6.45) is 8.50. The summed E-state index contributed by atoms with van der Waals surface area (Å²) >= 11 is 0. The van der Waals surface area contributed by atoms with E-state index in [1.807, 2.05) is 18.2 Å². The smallest absolute Gasteiger partial charge is 0.102 e. The molecular weight excluding hydrogens is 160 g/mol. The Kier molecular flexibility index (Phi) is 3.49. The molecule has 0 aromatic heterocycles. The molecule has 1 aliphatic rings. The molecular formula is C12H17O. The topological polar surface area (TPSA) is 12.5 Å². The second kappa shape index (κ2) is 4.43. The van der Waals surface area contributed by atoms with Crippen LogP contribution in [0.15, 0.2) is 38.0 Å². The summed E-state index contributed by atoms with van der Waals surface area (Å²) in [6.45, 7) is 12.1. The molecule has 1 nitrogen and oxygen atoms in total. The molecule has 1 radical (unpaired) electrons. The molecule has 1 saturated heterocycles. The van der Waals surface area contributed by atoms with E-state index >= 15 is 0 Å². The van der Waals surface area contributed by atoms with Crippen molar-refractivity contribution in [3.8, 4) is 0 Å². The highest BCUT2D eigenvalue weighted by molar-refractivity contribution is 5.22.